The van der Waals surface area contributed by atoms with Crippen LogP contribution in [0.3, 0.4) is 0 Å². The molecule has 2 aromatic carbocycles. The average Bonchev–Trinajstić information content (AvgIpc) is 3.03. The van der Waals surface area contributed by atoms with E-state index in [2.05, 4.69) is 20.4 Å². The number of ether oxygens (including phenoxy) is 1. The van der Waals surface area contributed by atoms with Crippen LogP contribution in [0.15, 0.2) is 48.9 Å². The molecule has 0 radical (unpaired) electrons. The summed E-state index contributed by atoms with van der Waals surface area (Å²) in [5.74, 6) is 0.364. The van der Waals surface area contributed by atoms with Gasteiger partial charge in [0.1, 0.15) is 30.0 Å². The van der Waals surface area contributed by atoms with E-state index in [4.69, 9.17) is 9.84 Å². The van der Waals surface area contributed by atoms with Crippen molar-refractivity contribution in [1.82, 2.24) is 19.7 Å². The zero-order chi connectivity index (χ0) is 18.1. The van der Waals surface area contributed by atoms with Crippen molar-refractivity contribution in [2.45, 2.75) is 6.54 Å². The molecular weight excluding hydrogens is 334 g/mol. The molecule has 26 heavy (non-hydrogen) atoms. The Morgan fingerprint density at radius 1 is 1.27 bits per heavy atom. The SMILES string of the molecule is COc1cccc2c(Nc3ccc4cnn(CC(=O)O)c4c3)ncnc12. The van der Waals surface area contributed by atoms with E-state index < -0.39 is 5.97 Å². The van der Waals surface area contributed by atoms with Gasteiger partial charge >= 0.3 is 5.97 Å². The number of carbonyl (C=O) groups is 1. The van der Waals surface area contributed by atoms with Crippen LogP contribution in [0.25, 0.3) is 21.8 Å². The number of nitrogens with one attached hydrogen (secondary N) is 1. The van der Waals surface area contributed by atoms with Crippen molar-refractivity contribution in [3.63, 3.8) is 0 Å². The Balaban J connectivity index is 1.75. The van der Waals surface area contributed by atoms with E-state index in [-0.39, 0.29) is 6.54 Å². The molecule has 130 valence electrons. The van der Waals surface area contributed by atoms with Crippen LogP contribution in [0.2, 0.25) is 0 Å². The number of methoxy groups -OCH3 is 1. The van der Waals surface area contributed by atoms with Gasteiger partial charge in [0, 0.05) is 16.5 Å². The highest BCUT2D eigenvalue weighted by Crippen LogP contribution is 2.29. The fourth-order valence-electron chi connectivity index (χ4n) is 2.86. The Labute approximate surface area is 148 Å². The van der Waals surface area contributed by atoms with Crippen LogP contribution in [0.5, 0.6) is 5.75 Å². The van der Waals surface area contributed by atoms with Gasteiger partial charge in [-0.3, -0.25) is 9.48 Å². The third-order valence-corrected chi connectivity index (χ3v) is 4.04. The van der Waals surface area contributed by atoms with Gasteiger partial charge in [-0.1, -0.05) is 6.07 Å². The van der Waals surface area contributed by atoms with E-state index in [0.29, 0.717) is 17.1 Å². The van der Waals surface area contributed by atoms with Gasteiger partial charge in [0.2, 0.25) is 0 Å². The molecule has 0 amide bonds. The number of aliphatic carboxylic acids is 1. The first-order valence-electron chi connectivity index (χ1n) is 7.88. The maximum atomic E-state index is 11.0. The molecule has 0 bridgehead atoms. The third-order valence-electron chi connectivity index (χ3n) is 4.04. The number of carboxylic acid groups (broad SMARTS) is 1. The predicted molar refractivity (Wildman–Crippen MR) is 96.7 cm³/mol. The molecule has 4 rings (SSSR count). The van der Waals surface area contributed by atoms with Crippen molar-refractivity contribution in [1.29, 1.82) is 0 Å². The highest BCUT2D eigenvalue weighted by Gasteiger charge is 2.10. The predicted octanol–water partition coefficient (Wildman–Crippen LogP) is 2.82. The maximum absolute atomic E-state index is 11.0. The van der Waals surface area contributed by atoms with Crippen molar-refractivity contribution < 1.29 is 14.6 Å². The smallest absolute Gasteiger partial charge is 0.325 e. The van der Waals surface area contributed by atoms with Crippen LogP contribution < -0.4 is 10.1 Å². The first kappa shape index (κ1) is 15.8. The lowest BCUT2D eigenvalue weighted by atomic mass is 10.2. The molecule has 0 saturated carbocycles. The fourth-order valence-corrected chi connectivity index (χ4v) is 2.86. The van der Waals surface area contributed by atoms with Crippen LogP contribution in [0.1, 0.15) is 0 Å². The minimum Gasteiger partial charge on any atom is -0.494 e. The van der Waals surface area contributed by atoms with Crippen LogP contribution in [0, 0.1) is 0 Å². The molecule has 2 N–H and O–H groups in total. The maximum Gasteiger partial charge on any atom is 0.325 e. The normalized spacial score (nSPS) is 11.0. The summed E-state index contributed by atoms with van der Waals surface area (Å²) < 4.78 is 6.80. The van der Waals surface area contributed by atoms with Crippen molar-refractivity contribution in [3.05, 3.63) is 48.9 Å². The van der Waals surface area contributed by atoms with Crippen molar-refractivity contribution >= 4 is 39.3 Å². The number of nitrogens with zero attached hydrogens (tertiary/aromatic N) is 4. The number of rotatable bonds is 5. The van der Waals surface area contributed by atoms with E-state index in [9.17, 15) is 4.79 Å². The van der Waals surface area contributed by atoms with E-state index in [1.807, 2.05) is 36.4 Å². The van der Waals surface area contributed by atoms with Crippen LogP contribution in [-0.4, -0.2) is 37.9 Å². The second-order valence-corrected chi connectivity index (χ2v) is 5.67. The molecule has 2 heterocycles. The largest absolute Gasteiger partial charge is 0.494 e. The lowest BCUT2D eigenvalue weighted by Crippen LogP contribution is -2.09. The number of para-hydroxylation sites is 1. The van der Waals surface area contributed by atoms with E-state index in [1.165, 1.54) is 11.0 Å². The Morgan fingerprint density at radius 2 is 2.15 bits per heavy atom. The fraction of sp³-hybridized carbons (Fsp3) is 0.111. The van der Waals surface area contributed by atoms with Gasteiger partial charge in [-0.15, -0.1) is 0 Å². The summed E-state index contributed by atoms with van der Waals surface area (Å²) in [7, 11) is 1.60. The molecule has 0 fully saturated rings. The lowest BCUT2D eigenvalue weighted by Gasteiger charge is -2.10. The zero-order valence-corrected chi connectivity index (χ0v) is 13.9. The quantitative estimate of drug-likeness (QED) is 0.571. The summed E-state index contributed by atoms with van der Waals surface area (Å²) in [5.41, 5.74) is 2.21. The van der Waals surface area contributed by atoms with Crippen LogP contribution in [-0.2, 0) is 11.3 Å². The van der Waals surface area contributed by atoms with Crippen molar-refractivity contribution in [2.24, 2.45) is 0 Å². The van der Waals surface area contributed by atoms with Gasteiger partial charge in [0.05, 0.1) is 18.8 Å². The van der Waals surface area contributed by atoms with Crippen molar-refractivity contribution in [3.8, 4) is 5.75 Å². The molecule has 0 atom stereocenters. The average molecular weight is 349 g/mol. The third kappa shape index (κ3) is 2.77. The highest BCUT2D eigenvalue weighted by atomic mass is 16.5. The van der Waals surface area contributed by atoms with Gasteiger partial charge in [0.25, 0.3) is 0 Å². The summed E-state index contributed by atoms with van der Waals surface area (Å²) in [6.07, 6.45) is 3.12. The van der Waals surface area contributed by atoms with Crippen LogP contribution >= 0.6 is 0 Å². The number of hydrogen-bond donors (Lipinski definition) is 2. The van der Waals surface area contributed by atoms with Gasteiger partial charge in [-0.05, 0) is 30.3 Å². The minimum absolute atomic E-state index is 0.194. The molecule has 8 nitrogen and oxygen atoms in total. The Bertz CT molecular complexity index is 1120. The summed E-state index contributed by atoms with van der Waals surface area (Å²) in [4.78, 5) is 19.6. The zero-order valence-electron chi connectivity index (χ0n) is 13.9. The highest BCUT2D eigenvalue weighted by molar-refractivity contribution is 5.95. The molecule has 0 aliphatic heterocycles. The Kier molecular flexibility index (Phi) is 3.85. The minimum atomic E-state index is -0.942. The summed E-state index contributed by atoms with van der Waals surface area (Å²) in [5, 5.41) is 18.1. The topological polar surface area (TPSA) is 102 Å². The first-order valence-corrected chi connectivity index (χ1v) is 7.88. The van der Waals surface area contributed by atoms with Gasteiger partial charge in [-0.25, -0.2) is 9.97 Å². The lowest BCUT2D eigenvalue weighted by molar-refractivity contribution is -0.137. The Hall–Kier alpha value is -3.68. The summed E-state index contributed by atoms with van der Waals surface area (Å²) in [6, 6.07) is 11.2. The number of hydrogen-bond acceptors (Lipinski definition) is 6. The Morgan fingerprint density at radius 3 is 2.96 bits per heavy atom. The molecule has 4 aromatic rings. The van der Waals surface area contributed by atoms with Gasteiger partial charge in [-0.2, -0.15) is 5.10 Å². The monoisotopic (exact) mass is 349 g/mol. The van der Waals surface area contributed by atoms with Gasteiger partial charge < -0.3 is 15.2 Å². The molecule has 0 unspecified atom stereocenters. The van der Waals surface area contributed by atoms with Crippen molar-refractivity contribution in [2.75, 3.05) is 12.4 Å². The number of carboxylic acids is 1. The van der Waals surface area contributed by atoms with Gasteiger partial charge in [0.15, 0.2) is 0 Å². The van der Waals surface area contributed by atoms with E-state index >= 15 is 0 Å². The summed E-state index contributed by atoms with van der Waals surface area (Å²) >= 11 is 0. The second kappa shape index (κ2) is 6.32. The number of benzene rings is 2. The standard InChI is InChI=1S/C18H15N5O3/c1-26-15-4-2-3-13-17(15)19-10-20-18(13)22-12-6-5-11-8-21-23(9-16(24)25)14(11)7-12/h2-8,10H,9H2,1H3,(H,24,25)(H,19,20,22). The molecule has 0 aliphatic rings. The molecule has 0 aliphatic carbocycles. The molecule has 0 saturated heterocycles. The van der Waals surface area contributed by atoms with E-state index in [1.54, 1.807) is 13.3 Å². The molecule has 0 spiro atoms. The molecular formula is C18H15N5O3. The number of fused-ring (bicyclic) bond motifs is 2. The number of anilines is 2. The van der Waals surface area contributed by atoms with Crippen LogP contribution in [0.4, 0.5) is 11.5 Å². The second-order valence-electron chi connectivity index (χ2n) is 5.67. The van der Waals surface area contributed by atoms with E-state index in [0.717, 1.165) is 22.0 Å². The number of aromatic nitrogens is 4. The molecule has 2 aromatic heterocycles. The summed E-state index contributed by atoms with van der Waals surface area (Å²) in [6.45, 7) is -0.194. The first-order chi connectivity index (χ1) is 12.7. The molecule has 8 heteroatoms.